The van der Waals surface area contributed by atoms with Gasteiger partial charge in [-0.15, -0.1) is 0 Å². The number of esters is 1. The van der Waals surface area contributed by atoms with Crippen molar-refractivity contribution in [2.45, 2.75) is 90.4 Å². The van der Waals surface area contributed by atoms with E-state index in [9.17, 15) is 15.0 Å². The maximum Gasteiger partial charge on any atom is 0.305 e. The molecule has 4 nitrogen and oxygen atoms in total. The van der Waals surface area contributed by atoms with Gasteiger partial charge >= 0.3 is 5.97 Å². The van der Waals surface area contributed by atoms with Crippen molar-refractivity contribution in [2.75, 3.05) is 6.61 Å². The summed E-state index contributed by atoms with van der Waals surface area (Å²) in [7, 11) is 0. The molecule has 1 rings (SSSR count). The van der Waals surface area contributed by atoms with E-state index in [4.69, 9.17) is 4.74 Å². The van der Waals surface area contributed by atoms with Gasteiger partial charge in [0, 0.05) is 18.4 Å². The van der Waals surface area contributed by atoms with E-state index >= 15 is 0 Å². The van der Waals surface area contributed by atoms with Gasteiger partial charge in [-0.3, -0.25) is 4.79 Å². The molecule has 1 aromatic rings. The lowest BCUT2D eigenvalue weighted by Gasteiger charge is -2.07. The summed E-state index contributed by atoms with van der Waals surface area (Å²) in [6.07, 6.45) is 22.7. The van der Waals surface area contributed by atoms with E-state index in [1.54, 1.807) is 12.1 Å². The van der Waals surface area contributed by atoms with Crippen molar-refractivity contribution >= 4 is 5.97 Å². The zero-order valence-corrected chi connectivity index (χ0v) is 18.7. The van der Waals surface area contributed by atoms with Gasteiger partial charge in [-0.25, -0.2) is 0 Å². The molecule has 0 atom stereocenters. The van der Waals surface area contributed by atoms with Gasteiger partial charge in [0.25, 0.3) is 0 Å². The van der Waals surface area contributed by atoms with Crippen LogP contribution >= 0.6 is 0 Å². The van der Waals surface area contributed by atoms with Crippen molar-refractivity contribution < 1.29 is 19.7 Å². The Kier molecular flexibility index (Phi) is 15.2. The fraction of sp³-hybridized carbons (Fsp3) is 0.577. The summed E-state index contributed by atoms with van der Waals surface area (Å²) < 4.78 is 5.21. The van der Waals surface area contributed by atoms with Crippen LogP contribution in [0.5, 0.6) is 11.5 Å². The minimum atomic E-state index is -0.194. The first-order valence-corrected chi connectivity index (χ1v) is 11.6. The van der Waals surface area contributed by atoms with E-state index < -0.39 is 0 Å². The molecule has 0 aliphatic heterocycles. The Morgan fingerprint density at radius 1 is 0.900 bits per heavy atom. The molecule has 0 spiro atoms. The van der Waals surface area contributed by atoms with E-state index in [1.165, 1.54) is 44.6 Å². The number of phenols is 2. The SMILES string of the molecule is CCCCC/C=C/C/C=C/CCCCCCCC(=O)OCCc1cccc(O)c1O. The second-order valence-corrected chi connectivity index (χ2v) is 7.74. The van der Waals surface area contributed by atoms with Crippen LogP contribution in [0.3, 0.4) is 0 Å². The van der Waals surface area contributed by atoms with Gasteiger partial charge in [0.1, 0.15) is 0 Å². The van der Waals surface area contributed by atoms with Gasteiger partial charge in [0.2, 0.25) is 0 Å². The van der Waals surface area contributed by atoms with Gasteiger partial charge in [0.15, 0.2) is 11.5 Å². The molecule has 0 heterocycles. The zero-order chi connectivity index (χ0) is 21.9. The number of aromatic hydroxyl groups is 2. The third-order valence-corrected chi connectivity index (χ3v) is 5.06. The van der Waals surface area contributed by atoms with Crippen LogP contribution in [0.4, 0.5) is 0 Å². The Morgan fingerprint density at radius 2 is 1.57 bits per heavy atom. The fourth-order valence-electron chi connectivity index (χ4n) is 3.21. The van der Waals surface area contributed by atoms with Crippen LogP contribution in [-0.4, -0.2) is 22.8 Å². The highest BCUT2D eigenvalue weighted by Gasteiger charge is 2.07. The smallest absolute Gasteiger partial charge is 0.305 e. The predicted octanol–water partition coefficient (Wildman–Crippen LogP) is 7.00. The monoisotopic (exact) mass is 416 g/mol. The summed E-state index contributed by atoms with van der Waals surface area (Å²) in [5.41, 5.74) is 0.583. The Balaban J connectivity index is 1.92. The number of unbranched alkanes of at least 4 members (excludes halogenated alkanes) is 8. The molecule has 0 unspecified atom stereocenters. The van der Waals surface area contributed by atoms with Crippen molar-refractivity contribution in [1.82, 2.24) is 0 Å². The molecule has 0 amide bonds. The van der Waals surface area contributed by atoms with Gasteiger partial charge in [-0.05, 0) is 44.6 Å². The molecule has 0 aliphatic rings. The lowest BCUT2D eigenvalue weighted by atomic mass is 10.1. The van der Waals surface area contributed by atoms with Crippen molar-refractivity contribution in [2.24, 2.45) is 0 Å². The first kappa shape index (κ1) is 25.8. The molecular formula is C26H40O4. The predicted molar refractivity (Wildman–Crippen MR) is 124 cm³/mol. The molecular weight excluding hydrogens is 376 g/mol. The van der Waals surface area contributed by atoms with E-state index in [0.717, 1.165) is 32.1 Å². The summed E-state index contributed by atoms with van der Waals surface area (Å²) in [4.78, 5) is 11.8. The average molecular weight is 417 g/mol. The van der Waals surface area contributed by atoms with Gasteiger partial charge in [-0.1, -0.05) is 75.5 Å². The molecule has 1 aromatic carbocycles. The summed E-state index contributed by atoms with van der Waals surface area (Å²) in [5, 5.41) is 19.2. The van der Waals surface area contributed by atoms with Crippen molar-refractivity contribution in [1.29, 1.82) is 0 Å². The number of rotatable bonds is 17. The standard InChI is InChI=1S/C26H40O4/c1-2-3-4-5-6-7-8-9-10-11-12-13-14-15-16-20-25(28)30-22-21-23-18-17-19-24(27)26(23)29/h6-7,9-10,17-19,27,29H,2-5,8,11-16,20-22H2,1H3/b7-6+,10-9+. The van der Waals surface area contributed by atoms with Crippen LogP contribution in [0.1, 0.15) is 89.5 Å². The molecule has 0 radical (unpaired) electrons. The van der Waals surface area contributed by atoms with Crippen molar-refractivity contribution in [3.8, 4) is 11.5 Å². The maximum atomic E-state index is 11.8. The van der Waals surface area contributed by atoms with Crippen molar-refractivity contribution in [3.63, 3.8) is 0 Å². The number of ether oxygens (including phenoxy) is 1. The van der Waals surface area contributed by atoms with Crippen molar-refractivity contribution in [3.05, 3.63) is 48.1 Å². The molecule has 30 heavy (non-hydrogen) atoms. The summed E-state index contributed by atoms with van der Waals surface area (Å²) in [5.74, 6) is -0.480. The minimum absolute atomic E-state index is 0.137. The Hall–Kier alpha value is -2.23. The summed E-state index contributed by atoms with van der Waals surface area (Å²) >= 11 is 0. The molecule has 2 N–H and O–H groups in total. The second-order valence-electron chi connectivity index (χ2n) is 7.74. The van der Waals surface area contributed by atoms with Crippen LogP contribution in [-0.2, 0) is 16.0 Å². The lowest BCUT2D eigenvalue weighted by Crippen LogP contribution is -2.07. The highest BCUT2D eigenvalue weighted by molar-refractivity contribution is 5.69. The average Bonchev–Trinajstić information content (AvgIpc) is 2.74. The Morgan fingerprint density at radius 3 is 2.30 bits per heavy atom. The van der Waals surface area contributed by atoms with Crippen LogP contribution < -0.4 is 0 Å². The molecule has 0 bridgehead atoms. The molecule has 0 saturated heterocycles. The highest BCUT2D eigenvalue weighted by Crippen LogP contribution is 2.28. The number of carbonyl (C=O) groups is 1. The first-order valence-electron chi connectivity index (χ1n) is 11.6. The number of hydrogen-bond donors (Lipinski definition) is 2. The number of allylic oxidation sites excluding steroid dienone is 4. The molecule has 0 fully saturated rings. The first-order chi connectivity index (χ1) is 14.6. The number of para-hydroxylation sites is 1. The number of phenolic OH excluding ortho intramolecular Hbond substituents is 2. The van der Waals surface area contributed by atoms with Crippen LogP contribution in [0.25, 0.3) is 0 Å². The van der Waals surface area contributed by atoms with Gasteiger partial charge in [-0.2, -0.15) is 0 Å². The van der Waals surface area contributed by atoms with E-state index in [2.05, 4.69) is 31.2 Å². The van der Waals surface area contributed by atoms with E-state index in [1.807, 2.05) is 0 Å². The van der Waals surface area contributed by atoms with Gasteiger partial charge < -0.3 is 14.9 Å². The fourth-order valence-corrected chi connectivity index (χ4v) is 3.21. The molecule has 4 heteroatoms. The maximum absolute atomic E-state index is 11.8. The van der Waals surface area contributed by atoms with Crippen LogP contribution in [0.15, 0.2) is 42.5 Å². The second kappa shape index (κ2) is 17.6. The third-order valence-electron chi connectivity index (χ3n) is 5.06. The lowest BCUT2D eigenvalue weighted by molar-refractivity contribution is -0.143. The summed E-state index contributed by atoms with van der Waals surface area (Å²) in [6, 6.07) is 4.80. The summed E-state index contributed by atoms with van der Waals surface area (Å²) in [6.45, 7) is 2.45. The quantitative estimate of drug-likeness (QED) is 0.124. The number of carbonyl (C=O) groups excluding carboxylic acids is 1. The van der Waals surface area contributed by atoms with Gasteiger partial charge in [0.05, 0.1) is 6.61 Å². The number of benzene rings is 1. The topological polar surface area (TPSA) is 66.8 Å². The molecule has 168 valence electrons. The third kappa shape index (κ3) is 13.1. The molecule has 0 aliphatic carbocycles. The van der Waals surface area contributed by atoms with E-state index in [0.29, 0.717) is 18.4 Å². The van der Waals surface area contributed by atoms with Crippen LogP contribution in [0.2, 0.25) is 0 Å². The van der Waals surface area contributed by atoms with E-state index in [-0.39, 0.29) is 24.1 Å². The number of hydrogen-bond acceptors (Lipinski definition) is 4. The van der Waals surface area contributed by atoms with Crippen LogP contribution in [0, 0.1) is 0 Å². The normalized spacial score (nSPS) is 11.5. The largest absolute Gasteiger partial charge is 0.504 e. The minimum Gasteiger partial charge on any atom is -0.504 e. The Bertz CT molecular complexity index is 634. The zero-order valence-electron chi connectivity index (χ0n) is 18.7. The Labute approximate surface area is 182 Å². The highest BCUT2D eigenvalue weighted by atomic mass is 16.5. The molecule has 0 saturated carbocycles. The molecule has 0 aromatic heterocycles.